The van der Waals surface area contributed by atoms with Crippen molar-refractivity contribution in [3.63, 3.8) is 0 Å². The van der Waals surface area contributed by atoms with Crippen LogP contribution in [0.25, 0.3) is 0 Å². The van der Waals surface area contributed by atoms with Crippen LogP contribution in [0.5, 0.6) is 0 Å². The van der Waals surface area contributed by atoms with Gasteiger partial charge in [0.1, 0.15) is 0 Å². The lowest BCUT2D eigenvalue weighted by molar-refractivity contribution is 0.264. The van der Waals surface area contributed by atoms with Crippen molar-refractivity contribution >= 4 is 0 Å². The third kappa shape index (κ3) is 1.78. The summed E-state index contributed by atoms with van der Waals surface area (Å²) in [5, 5.41) is 0. The minimum Gasteiger partial charge on any atom is -0.324 e. The summed E-state index contributed by atoms with van der Waals surface area (Å²) in [6, 6.07) is 9.34. The number of nitrogens with two attached hydrogens (primary N) is 1. The molecule has 1 aromatic rings. The molecule has 2 aliphatic rings. The third-order valence-corrected chi connectivity index (χ3v) is 4.53. The number of benzene rings is 1. The van der Waals surface area contributed by atoms with Crippen molar-refractivity contribution < 1.29 is 0 Å². The largest absolute Gasteiger partial charge is 0.324 e. The lowest BCUT2D eigenvalue weighted by Crippen LogP contribution is -2.27. The fourth-order valence-electron chi connectivity index (χ4n) is 2.83. The predicted octanol–water partition coefficient (Wildman–Crippen LogP) is 3.75. The zero-order chi connectivity index (χ0) is 11.0. The van der Waals surface area contributed by atoms with E-state index in [0.717, 1.165) is 11.8 Å². The Morgan fingerprint density at radius 1 is 1.06 bits per heavy atom. The molecule has 0 bridgehead atoms. The van der Waals surface area contributed by atoms with Crippen LogP contribution >= 0.6 is 0 Å². The van der Waals surface area contributed by atoms with Crippen molar-refractivity contribution in [2.24, 2.45) is 11.7 Å². The molecule has 0 heterocycles. The monoisotopic (exact) mass is 215 g/mol. The van der Waals surface area contributed by atoms with E-state index < -0.39 is 0 Å². The smallest absolute Gasteiger partial charge is 0.0323 e. The summed E-state index contributed by atoms with van der Waals surface area (Å²) in [5.41, 5.74) is 9.22. The molecule has 0 aliphatic heterocycles. The molecule has 2 saturated carbocycles. The van der Waals surface area contributed by atoms with E-state index in [4.69, 9.17) is 5.73 Å². The average molecular weight is 215 g/mol. The average Bonchev–Trinajstić information content (AvgIpc) is 2.12. The normalized spacial score (nSPS) is 23.6. The first-order valence-electron chi connectivity index (χ1n) is 6.70. The first-order chi connectivity index (χ1) is 7.84. The minimum atomic E-state index is 0.286. The van der Waals surface area contributed by atoms with Crippen molar-refractivity contribution in [2.75, 3.05) is 0 Å². The minimum absolute atomic E-state index is 0.286. The summed E-state index contributed by atoms with van der Waals surface area (Å²) in [6.45, 7) is 0. The second-order valence-corrected chi connectivity index (χ2v) is 5.51. The van der Waals surface area contributed by atoms with Crippen LogP contribution in [0.15, 0.2) is 24.3 Å². The second kappa shape index (κ2) is 4.21. The van der Waals surface area contributed by atoms with Gasteiger partial charge in [-0.3, -0.25) is 0 Å². The van der Waals surface area contributed by atoms with E-state index >= 15 is 0 Å². The molecule has 86 valence electrons. The van der Waals surface area contributed by atoms with E-state index in [0.29, 0.717) is 0 Å². The molecule has 0 saturated heterocycles. The molecule has 1 atom stereocenters. The molecule has 2 N–H and O–H groups in total. The van der Waals surface area contributed by atoms with E-state index in [9.17, 15) is 0 Å². The van der Waals surface area contributed by atoms with Crippen molar-refractivity contribution in [3.05, 3.63) is 35.4 Å². The maximum Gasteiger partial charge on any atom is 0.0323 e. The lowest BCUT2D eigenvalue weighted by Gasteiger charge is -2.32. The Morgan fingerprint density at radius 2 is 1.81 bits per heavy atom. The summed E-state index contributed by atoms with van der Waals surface area (Å²) >= 11 is 0. The highest BCUT2D eigenvalue weighted by Gasteiger charge is 2.26. The topological polar surface area (TPSA) is 26.0 Å². The van der Waals surface area contributed by atoms with Gasteiger partial charge in [-0.15, -0.1) is 0 Å². The van der Waals surface area contributed by atoms with E-state index in [1.807, 2.05) is 0 Å². The molecule has 3 rings (SSSR count). The molecule has 1 unspecified atom stereocenters. The molecule has 0 aromatic heterocycles. The van der Waals surface area contributed by atoms with Gasteiger partial charge in [-0.05, 0) is 48.6 Å². The molecular formula is C15H21N. The molecule has 0 amide bonds. The van der Waals surface area contributed by atoms with Crippen LogP contribution in [0.2, 0.25) is 0 Å². The zero-order valence-electron chi connectivity index (χ0n) is 9.86. The van der Waals surface area contributed by atoms with Crippen LogP contribution in [-0.2, 0) is 0 Å². The van der Waals surface area contributed by atoms with Crippen LogP contribution in [0, 0.1) is 5.92 Å². The first-order valence-corrected chi connectivity index (χ1v) is 6.70. The molecule has 1 heteroatoms. The first kappa shape index (κ1) is 10.3. The Bertz CT molecular complexity index is 363. The van der Waals surface area contributed by atoms with Crippen molar-refractivity contribution in [1.29, 1.82) is 0 Å². The van der Waals surface area contributed by atoms with Crippen molar-refractivity contribution in [3.8, 4) is 0 Å². The van der Waals surface area contributed by atoms with E-state index in [1.165, 1.54) is 49.7 Å². The quantitative estimate of drug-likeness (QED) is 0.816. The third-order valence-electron chi connectivity index (χ3n) is 4.53. The number of hydrogen-bond acceptors (Lipinski definition) is 1. The highest BCUT2D eigenvalue weighted by atomic mass is 14.7. The van der Waals surface area contributed by atoms with Gasteiger partial charge in [0.25, 0.3) is 0 Å². The summed E-state index contributed by atoms with van der Waals surface area (Å²) in [7, 11) is 0. The van der Waals surface area contributed by atoms with Gasteiger partial charge < -0.3 is 5.73 Å². The summed E-state index contributed by atoms with van der Waals surface area (Å²) in [4.78, 5) is 0. The molecular weight excluding hydrogens is 194 g/mol. The van der Waals surface area contributed by atoms with Gasteiger partial charge in [0.05, 0.1) is 0 Å². The van der Waals surface area contributed by atoms with Crippen LogP contribution in [0.1, 0.15) is 61.6 Å². The maximum absolute atomic E-state index is 6.33. The van der Waals surface area contributed by atoms with Gasteiger partial charge in [0.15, 0.2) is 0 Å². The van der Waals surface area contributed by atoms with Crippen LogP contribution in [-0.4, -0.2) is 0 Å². The molecule has 2 aliphatic carbocycles. The van der Waals surface area contributed by atoms with E-state index in [-0.39, 0.29) is 6.04 Å². The molecule has 1 nitrogen and oxygen atoms in total. The standard InChI is InChI=1S/C15H21N/c16-15(12-6-2-7-12)14-9-3-8-13(10-14)11-4-1-5-11/h3,8-12,15H,1-2,4-7,16H2. The molecule has 0 spiro atoms. The van der Waals surface area contributed by atoms with Gasteiger partial charge in [-0.1, -0.05) is 37.1 Å². The van der Waals surface area contributed by atoms with Gasteiger partial charge in [0, 0.05) is 6.04 Å². The Morgan fingerprint density at radius 3 is 2.38 bits per heavy atom. The Hall–Kier alpha value is -0.820. The van der Waals surface area contributed by atoms with Gasteiger partial charge >= 0.3 is 0 Å². The molecule has 1 aromatic carbocycles. The summed E-state index contributed by atoms with van der Waals surface area (Å²) < 4.78 is 0. The Balaban J connectivity index is 1.77. The molecule has 16 heavy (non-hydrogen) atoms. The van der Waals surface area contributed by atoms with Gasteiger partial charge in [-0.2, -0.15) is 0 Å². The fourth-order valence-corrected chi connectivity index (χ4v) is 2.83. The van der Waals surface area contributed by atoms with E-state index in [1.54, 1.807) is 0 Å². The SMILES string of the molecule is NC(c1cccc(C2CCC2)c1)C1CCC1. The Labute approximate surface area is 98.0 Å². The fraction of sp³-hybridized carbons (Fsp3) is 0.600. The van der Waals surface area contributed by atoms with Crippen LogP contribution in [0.3, 0.4) is 0 Å². The maximum atomic E-state index is 6.33. The summed E-state index contributed by atoms with van der Waals surface area (Å²) in [6.07, 6.45) is 8.19. The second-order valence-electron chi connectivity index (χ2n) is 5.51. The van der Waals surface area contributed by atoms with Gasteiger partial charge in [0.2, 0.25) is 0 Å². The summed E-state index contributed by atoms with van der Waals surface area (Å²) in [5.74, 6) is 1.57. The zero-order valence-corrected chi connectivity index (χ0v) is 9.86. The molecule has 0 radical (unpaired) electrons. The van der Waals surface area contributed by atoms with Crippen LogP contribution in [0.4, 0.5) is 0 Å². The lowest BCUT2D eigenvalue weighted by atomic mass is 9.75. The molecule has 2 fully saturated rings. The number of hydrogen-bond donors (Lipinski definition) is 1. The van der Waals surface area contributed by atoms with Crippen molar-refractivity contribution in [1.82, 2.24) is 0 Å². The van der Waals surface area contributed by atoms with Gasteiger partial charge in [-0.25, -0.2) is 0 Å². The Kier molecular flexibility index (Phi) is 2.72. The highest BCUT2D eigenvalue weighted by molar-refractivity contribution is 5.30. The van der Waals surface area contributed by atoms with Crippen molar-refractivity contribution in [2.45, 2.75) is 50.5 Å². The number of rotatable bonds is 3. The highest BCUT2D eigenvalue weighted by Crippen LogP contribution is 2.39. The van der Waals surface area contributed by atoms with E-state index in [2.05, 4.69) is 24.3 Å². The predicted molar refractivity (Wildman–Crippen MR) is 67.3 cm³/mol. The van der Waals surface area contributed by atoms with Crippen LogP contribution < -0.4 is 5.73 Å².